The van der Waals surface area contributed by atoms with Crippen molar-refractivity contribution in [3.05, 3.63) is 58.2 Å². The van der Waals surface area contributed by atoms with Gasteiger partial charge in [-0.05, 0) is 30.3 Å². The van der Waals surface area contributed by atoms with Gasteiger partial charge in [0.2, 0.25) is 0 Å². The minimum Gasteiger partial charge on any atom is -0.396 e. The van der Waals surface area contributed by atoms with Gasteiger partial charge in [0.1, 0.15) is 0 Å². The van der Waals surface area contributed by atoms with E-state index in [1.807, 2.05) is 42.5 Å². The highest BCUT2D eigenvalue weighted by Gasteiger charge is 2.09. The Morgan fingerprint density at radius 3 is 2.75 bits per heavy atom. The molecule has 3 rings (SSSR count). The number of benzene rings is 2. The van der Waals surface area contributed by atoms with Gasteiger partial charge in [-0.15, -0.1) is 0 Å². The predicted octanol–water partition coefficient (Wildman–Crippen LogP) is 4.98. The maximum Gasteiger partial charge on any atom is 0.0746 e. The topological polar surface area (TPSA) is 50.9 Å². The number of fused-ring (bicyclic) bond motifs is 1. The zero-order valence-corrected chi connectivity index (χ0v) is 12.7. The van der Waals surface area contributed by atoms with Crippen LogP contribution in [0.25, 0.3) is 10.9 Å². The van der Waals surface area contributed by atoms with Crippen molar-refractivity contribution >= 4 is 55.5 Å². The Balaban J connectivity index is 2.17. The second-order valence-corrected chi connectivity index (χ2v) is 5.68. The van der Waals surface area contributed by atoms with Gasteiger partial charge in [-0.25, -0.2) is 0 Å². The standard InChI is InChI=1S/C15H11BrClN3/c16-9-5-6-13-10(7-9)15(12(18)8-19-13)20-14-4-2-1-3-11(14)17/h1-8H,18H2,(H,19,20). The average molecular weight is 349 g/mol. The van der Waals surface area contributed by atoms with E-state index in [0.29, 0.717) is 10.7 Å². The molecule has 2 aromatic carbocycles. The van der Waals surface area contributed by atoms with Crippen LogP contribution in [0.3, 0.4) is 0 Å². The number of hydrogen-bond acceptors (Lipinski definition) is 3. The molecule has 0 aliphatic carbocycles. The van der Waals surface area contributed by atoms with Crippen molar-refractivity contribution in [1.29, 1.82) is 0 Å². The molecule has 3 aromatic rings. The lowest BCUT2D eigenvalue weighted by molar-refractivity contribution is 1.40. The molecule has 0 aliphatic heterocycles. The first-order valence-corrected chi connectivity index (χ1v) is 7.17. The molecule has 100 valence electrons. The zero-order chi connectivity index (χ0) is 14.1. The summed E-state index contributed by atoms with van der Waals surface area (Å²) in [5.41, 5.74) is 9.13. The van der Waals surface area contributed by atoms with E-state index in [2.05, 4.69) is 26.2 Å². The molecule has 0 saturated heterocycles. The monoisotopic (exact) mass is 347 g/mol. The van der Waals surface area contributed by atoms with E-state index in [1.165, 1.54) is 0 Å². The van der Waals surface area contributed by atoms with Gasteiger partial charge in [0.05, 0.1) is 33.8 Å². The summed E-state index contributed by atoms with van der Waals surface area (Å²) in [6.45, 7) is 0. The maximum atomic E-state index is 6.18. The predicted molar refractivity (Wildman–Crippen MR) is 88.6 cm³/mol. The molecule has 0 unspecified atom stereocenters. The molecule has 5 heteroatoms. The quantitative estimate of drug-likeness (QED) is 0.687. The van der Waals surface area contributed by atoms with E-state index in [4.69, 9.17) is 17.3 Å². The number of nitrogen functional groups attached to an aromatic ring is 1. The van der Waals surface area contributed by atoms with Crippen LogP contribution in [0.15, 0.2) is 53.1 Å². The third kappa shape index (κ3) is 2.44. The van der Waals surface area contributed by atoms with Gasteiger partial charge < -0.3 is 11.1 Å². The molecule has 0 aliphatic rings. The number of nitrogens with zero attached hydrogens (tertiary/aromatic N) is 1. The maximum absolute atomic E-state index is 6.18. The molecular formula is C15H11BrClN3. The number of halogens is 2. The summed E-state index contributed by atoms with van der Waals surface area (Å²) in [5.74, 6) is 0. The number of anilines is 3. The van der Waals surface area contributed by atoms with Crippen molar-refractivity contribution in [2.75, 3.05) is 11.1 Å². The summed E-state index contributed by atoms with van der Waals surface area (Å²) < 4.78 is 0.972. The molecule has 1 aromatic heterocycles. The minimum atomic E-state index is 0.579. The Kier molecular flexibility index (Phi) is 3.51. The Morgan fingerprint density at radius 1 is 1.15 bits per heavy atom. The van der Waals surface area contributed by atoms with E-state index in [-0.39, 0.29) is 0 Å². The van der Waals surface area contributed by atoms with Gasteiger partial charge in [-0.1, -0.05) is 39.7 Å². The van der Waals surface area contributed by atoms with Gasteiger partial charge >= 0.3 is 0 Å². The van der Waals surface area contributed by atoms with Crippen LogP contribution in [0, 0.1) is 0 Å². The van der Waals surface area contributed by atoms with Crippen LogP contribution in [-0.4, -0.2) is 4.98 Å². The normalized spacial score (nSPS) is 10.7. The van der Waals surface area contributed by atoms with Crippen LogP contribution in [0.1, 0.15) is 0 Å². The van der Waals surface area contributed by atoms with Crippen LogP contribution >= 0.6 is 27.5 Å². The lowest BCUT2D eigenvalue weighted by atomic mass is 10.1. The van der Waals surface area contributed by atoms with Gasteiger partial charge in [0.25, 0.3) is 0 Å². The minimum absolute atomic E-state index is 0.579. The first kappa shape index (κ1) is 13.2. The van der Waals surface area contributed by atoms with Gasteiger partial charge in [0.15, 0.2) is 0 Å². The Labute approximate surface area is 129 Å². The van der Waals surface area contributed by atoms with Crippen LogP contribution in [0.4, 0.5) is 17.1 Å². The van der Waals surface area contributed by atoms with E-state index in [1.54, 1.807) is 6.20 Å². The van der Waals surface area contributed by atoms with Crippen molar-refractivity contribution < 1.29 is 0 Å². The highest BCUT2D eigenvalue weighted by atomic mass is 79.9. The van der Waals surface area contributed by atoms with Gasteiger partial charge in [0, 0.05) is 9.86 Å². The van der Waals surface area contributed by atoms with E-state index < -0.39 is 0 Å². The largest absolute Gasteiger partial charge is 0.396 e. The van der Waals surface area contributed by atoms with Crippen LogP contribution in [0.2, 0.25) is 5.02 Å². The number of aromatic nitrogens is 1. The first-order valence-electron chi connectivity index (χ1n) is 6.00. The third-order valence-electron chi connectivity index (χ3n) is 2.99. The number of para-hydroxylation sites is 1. The highest BCUT2D eigenvalue weighted by Crippen LogP contribution is 2.34. The Hall–Kier alpha value is -1.78. The second kappa shape index (κ2) is 5.31. The third-order valence-corrected chi connectivity index (χ3v) is 3.82. The summed E-state index contributed by atoms with van der Waals surface area (Å²) in [6, 6.07) is 13.4. The SMILES string of the molecule is Nc1cnc2ccc(Br)cc2c1Nc1ccccc1Cl. The van der Waals surface area contributed by atoms with E-state index >= 15 is 0 Å². The van der Waals surface area contributed by atoms with Crippen molar-refractivity contribution in [2.45, 2.75) is 0 Å². The molecule has 0 bridgehead atoms. The van der Waals surface area contributed by atoms with Crippen LogP contribution < -0.4 is 11.1 Å². The molecule has 20 heavy (non-hydrogen) atoms. The number of hydrogen-bond donors (Lipinski definition) is 2. The molecule has 3 nitrogen and oxygen atoms in total. The van der Waals surface area contributed by atoms with Crippen molar-refractivity contribution in [2.24, 2.45) is 0 Å². The highest BCUT2D eigenvalue weighted by molar-refractivity contribution is 9.10. The van der Waals surface area contributed by atoms with E-state index in [9.17, 15) is 0 Å². The summed E-state index contributed by atoms with van der Waals surface area (Å²) >= 11 is 9.65. The smallest absolute Gasteiger partial charge is 0.0746 e. The average Bonchev–Trinajstić information content (AvgIpc) is 2.44. The van der Waals surface area contributed by atoms with Crippen molar-refractivity contribution in [3.8, 4) is 0 Å². The van der Waals surface area contributed by atoms with Crippen LogP contribution in [-0.2, 0) is 0 Å². The lowest BCUT2D eigenvalue weighted by Crippen LogP contribution is -1.99. The number of nitrogens with two attached hydrogens (primary N) is 1. The Morgan fingerprint density at radius 2 is 1.95 bits per heavy atom. The number of nitrogens with one attached hydrogen (secondary N) is 1. The molecular weight excluding hydrogens is 338 g/mol. The van der Waals surface area contributed by atoms with Crippen molar-refractivity contribution in [1.82, 2.24) is 4.98 Å². The summed E-state index contributed by atoms with van der Waals surface area (Å²) in [6.07, 6.45) is 1.65. The lowest BCUT2D eigenvalue weighted by Gasteiger charge is -2.13. The Bertz CT molecular complexity index is 784. The fourth-order valence-corrected chi connectivity index (χ4v) is 2.56. The van der Waals surface area contributed by atoms with Gasteiger partial charge in [-0.3, -0.25) is 4.98 Å². The molecule has 0 radical (unpaired) electrons. The summed E-state index contributed by atoms with van der Waals surface area (Å²) in [7, 11) is 0. The number of rotatable bonds is 2. The molecule has 0 atom stereocenters. The van der Waals surface area contributed by atoms with Gasteiger partial charge in [-0.2, -0.15) is 0 Å². The zero-order valence-electron chi connectivity index (χ0n) is 10.4. The second-order valence-electron chi connectivity index (χ2n) is 4.35. The first-order chi connectivity index (χ1) is 9.65. The van der Waals surface area contributed by atoms with E-state index in [0.717, 1.165) is 26.8 Å². The van der Waals surface area contributed by atoms with Crippen LogP contribution in [0.5, 0.6) is 0 Å². The molecule has 0 spiro atoms. The number of pyridine rings is 1. The molecule has 0 fully saturated rings. The molecule has 0 saturated carbocycles. The summed E-state index contributed by atoms with van der Waals surface area (Å²) in [4.78, 5) is 4.33. The molecule has 1 heterocycles. The summed E-state index contributed by atoms with van der Waals surface area (Å²) in [5, 5.41) is 4.88. The molecule has 0 amide bonds. The van der Waals surface area contributed by atoms with Crippen molar-refractivity contribution in [3.63, 3.8) is 0 Å². The molecule has 3 N–H and O–H groups in total. The fraction of sp³-hybridized carbons (Fsp3) is 0. The fourth-order valence-electron chi connectivity index (χ4n) is 2.02.